The van der Waals surface area contributed by atoms with Crippen LogP contribution >= 0.6 is 0 Å². The van der Waals surface area contributed by atoms with Gasteiger partial charge in [0.05, 0.1) is 26.3 Å². The maximum Gasteiger partial charge on any atom is 0.278 e. The van der Waals surface area contributed by atoms with Gasteiger partial charge in [-0.1, -0.05) is 36.4 Å². The van der Waals surface area contributed by atoms with E-state index in [1.54, 1.807) is 26.4 Å². The van der Waals surface area contributed by atoms with Gasteiger partial charge in [-0.15, -0.1) is 0 Å². The highest BCUT2D eigenvalue weighted by atomic mass is 16.5. The zero-order valence-electron chi connectivity index (χ0n) is 19.7. The Morgan fingerprint density at radius 2 is 1.50 bits per heavy atom. The zero-order chi connectivity index (χ0) is 24.2. The monoisotopic (exact) mass is 457 g/mol. The Balaban J connectivity index is 1.68. The van der Waals surface area contributed by atoms with Gasteiger partial charge in [0.15, 0.2) is 11.5 Å². The number of hydrogen-bond donors (Lipinski definition) is 1. The molecule has 1 aliphatic heterocycles. The number of benzene rings is 3. The minimum atomic E-state index is -0.379. The molecular formula is C27H27N3O4. The average Bonchev–Trinajstić information content (AvgIpc) is 3.08. The standard InChI is InChI=1S/C27H27N3O4/c1-29(2)21-13-11-20(12-14-21)28-25-24(19-8-6-5-7-9-19)26(31)30(27(25)32)17-18-10-15-22(33-3)23(16-18)34-4/h5-16,28H,17H2,1-4H3. The molecule has 0 bridgehead atoms. The fourth-order valence-corrected chi connectivity index (χ4v) is 3.86. The van der Waals surface area contributed by atoms with Crippen LogP contribution < -0.4 is 19.7 Å². The number of ether oxygens (including phenoxy) is 2. The van der Waals surface area contributed by atoms with Crippen LogP contribution in [0, 0.1) is 0 Å². The van der Waals surface area contributed by atoms with Crippen molar-refractivity contribution in [1.29, 1.82) is 0 Å². The summed E-state index contributed by atoms with van der Waals surface area (Å²) in [6, 6.07) is 22.3. The predicted octanol–water partition coefficient (Wildman–Crippen LogP) is 4.16. The van der Waals surface area contributed by atoms with E-state index in [0.29, 0.717) is 22.6 Å². The van der Waals surface area contributed by atoms with E-state index >= 15 is 0 Å². The van der Waals surface area contributed by atoms with Crippen molar-refractivity contribution in [2.24, 2.45) is 0 Å². The van der Waals surface area contributed by atoms with E-state index in [1.165, 1.54) is 4.90 Å². The van der Waals surface area contributed by atoms with Crippen molar-refractivity contribution in [1.82, 2.24) is 4.90 Å². The molecule has 0 radical (unpaired) electrons. The van der Waals surface area contributed by atoms with Gasteiger partial charge in [-0.3, -0.25) is 14.5 Å². The molecule has 1 heterocycles. The van der Waals surface area contributed by atoms with Crippen molar-refractivity contribution in [3.8, 4) is 11.5 Å². The van der Waals surface area contributed by atoms with Crippen molar-refractivity contribution in [2.45, 2.75) is 6.54 Å². The molecule has 7 nitrogen and oxygen atoms in total. The van der Waals surface area contributed by atoms with Crippen molar-refractivity contribution >= 4 is 28.8 Å². The Morgan fingerprint density at radius 1 is 0.824 bits per heavy atom. The Labute approximate surface area is 199 Å². The predicted molar refractivity (Wildman–Crippen MR) is 133 cm³/mol. The Morgan fingerprint density at radius 3 is 2.12 bits per heavy atom. The van der Waals surface area contributed by atoms with Crippen LogP contribution in [0.25, 0.3) is 5.57 Å². The molecule has 3 aromatic rings. The summed E-state index contributed by atoms with van der Waals surface area (Å²) in [6.45, 7) is 0.110. The summed E-state index contributed by atoms with van der Waals surface area (Å²) in [6.07, 6.45) is 0. The van der Waals surface area contributed by atoms with Gasteiger partial charge < -0.3 is 19.7 Å². The van der Waals surface area contributed by atoms with Crippen molar-refractivity contribution in [3.63, 3.8) is 0 Å². The molecule has 0 unspecified atom stereocenters. The molecule has 0 saturated carbocycles. The highest BCUT2D eigenvalue weighted by Gasteiger charge is 2.39. The minimum Gasteiger partial charge on any atom is -0.493 e. The lowest BCUT2D eigenvalue weighted by molar-refractivity contribution is -0.137. The fraction of sp³-hybridized carbons (Fsp3) is 0.185. The zero-order valence-corrected chi connectivity index (χ0v) is 19.7. The highest BCUT2D eigenvalue weighted by molar-refractivity contribution is 6.36. The Bertz CT molecular complexity index is 1230. The number of methoxy groups -OCH3 is 2. The third-order valence-corrected chi connectivity index (χ3v) is 5.67. The number of nitrogens with zero attached hydrogens (tertiary/aromatic N) is 2. The maximum atomic E-state index is 13.5. The first-order chi connectivity index (χ1) is 16.4. The topological polar surface area (TPSA) is 71.1 Å². The molecule has 0 fully saturated rings. The highest BCUT2D eigenvalue weighted by Crippen LogP contribution is 2.33. The molecule has 0 aliphatic carbocycles. The van der Waals surface area contributed by atoms with Crippen LogP contribution in [0.5, 0.6) is 11.5 Å². The molecule has 2 amide bonds. The van der Waals surface area contributed by atoms with E-state index in [0.717, 1.165) is 16.9 Å². The third kappa shape index (κ3) is 4.45. The quantitative estimate of drug-likeness (QED) is 0.512. The molecule has 0 spiro atoms. The lowest BCUT2D eigenvalue weighted by Crippen LogP contribution is -2.32. The van der Waals surface area contributed by atoms with E-state index < -0.39 is 0 Å². The summed E-state index contributed by atoms with van der Waals surface area (Å²) in [5.74, 6) is 0.389. The smallest absolute Gasteiger partial charge is 0.278 e. The van der Waals surface area contributed by atoms with Crippen molar-refractivity contribution < 1.29 is 19.1 Å². The van der Waals surface area contributed by atoms with Gasteiger partial charge in [0, 0.05) is 25.5 Å². The largest absolute Gasteiger partial charge is 0.493 e. The fourth-order valence-electron chi connectivity index (χ4n) is 3.86. The van der Waals surface area contributed by atoms with Crippen molar-refractivity contribution in [3.05, 3.63) is 89.6 Å². The van der Waals surface area contributed by atoms with Gasteiger partial charge in [-0.2, -0.15) is 0 Å². The second-order valence-corrected chi connectivity index (χ2v) is 8.07. The maximum absolute atomic E-state index is 13.5. The second kappa shape index (κ2) is 9.70. The van der Waals surface area contributed by atoms with Gasteiger partial charge in [-0.25, -0.2) is 0 Å². The van der Waals surface area contributed by atoms with E-state index in [4.69, 9.17) is 9.47 Å². The van der Waals surface area contributed by atoms with Crippen LogP contribution in [-0.4, -0.2) is 45.0 Å². The molecule has 4 rings (SSSR count). The van der Waals surface area contributed by atoms with Crippen LogP contribution in [0.1, 0.15) is 11.1 Å². The first-order valence-corrected chi connectivity index (χ1v) is 10.8. The number of anilines is 2. The van der Waals surface area contributed by atoms with Crippen LogP contribution in [0.4, 0.5) is 11.4 Å². The molecule has 1 N–H and O–H groups in total. The number of carbonyl (C=O) groups is 2. The van der Waals surface area contributed by atoms with Crippen molar-refractivity contribution in [2.75, 3.05) is 38.5 Å². The van der Waals surface area contributed by atoms with Gasteiger partial charge in [0.25, 0.3) is 11.8 Å². The molecule has 1 aliphatic rings. The molecular weight excluding hydrogens is 430 g/mol. The number of nitrogens with one attached hydrogen (secondary N) is 1. The van der Waals surface area contributed by atoms with Gasteiger partial charge in [0.2, 0.25) is 0 Å². The van der Waals surface area contributed by atoms with Crippen LogP contribution in [0.2, 0.25) is 0 Å². The summed E-state index contributed by atoms with van der Waals surface area (Å²) in [4.78, 5) is 30.2. The van der Waals surface area contributed by atoms with E-state index in [-0.39, 0.29) is 24.1 Å². The summed E-state index contributed by atoms with van der Waals surface area (Å²) in [5.41, 5.74) is 3.80. The molecule has 174 valence electrons. The van der Waals surface area contributed by atoms with Crippen LogP contribution in [0.15, 0.2) is 78.5 Å². The Hall–Kier alpha value is -4.26. The average molecular weight is 458 g/mol. The SMILES string of the molecule is COc1ccc(CN2C(=O)C(Nc3ccc(N(C)C)cc3)=C(c3ccccc3)C2=O)cc1OC. The minimum absolute atomic E-state index is 0.110. The molecule has 34 heavy (non-hydrogen) atoms. The van der Waals surface area contributed by atoms with E-state index in [2.05, 4.69) is 5.32 Å². The number of imide groups is 1. The molecule has 0 aromatic heterocycles. The van der Waals surface area contributed by atoms with Gasteiger partial charge >= 0.3 is 0 Å². The summed E-state index contributed by atoms with van der Waals surface area (Å²) in [5, 5.41) is 3.20. The molecule has 0 saturated heterocycles. The number of amides is 2. The number of carbonyl (C=O) groups excluding carboxylic acids is 2. The molecule has 7 heteroatoms. The van der Waals surface area contributed by atoms with E-state index in [1.807, 2.05) is 79.7 Å². The van der Waals surface area contributed by atoms with Gasteiger partial charge in [-0.05, 0) is 47.5 Å². The van der Waals surface area contributed by atoms with Crippen LogP contribution in [-0.2, 0) is 16.1 Å². The summed E-state index contributed by atoms with van der Waals surface area (Å²) >= 11 is 0. The van der Waals surface area contributed by atoms with E-state index in [9.17, 15) is 9.59 Å². The first-order valence-electron chi connectivity index (χ1n) is 10.8. The summed E-state index contributed by atoms with van der Waals surface area (Å²) < 4.78 is 10.7. The normalized spacial score (nSPS) is 13.4. The van der Waals surface area contributed by atoms with Gasteiger partial charge in [0.1, 0.15) is 5.70 Å². The lowest BCUT2D eigenvalue weighted by atomic mass is 10.0. The Kier molecular flexibility index (Phi) is 6.54. The lowest BCUT2D eigenvalue weighted by Gasteiger charge is -2.17. The first kappa shape index (κ1) is 22.9. The molecule has 0 atom stereocenters. The van der Waals surface area contributed by atoms with Crippen LogP contribution in [0.3, 0.4) is 0 Å². The number of rotatable bonds is 8. The second-order valence-electron chi connectivity index (χ2n) is 8.07. The summed E-state index contributed by atoms with van der Waals surface area (Å²) in [7, 11) is 7.03. The molecule has 3 aromatic carbocycles. The number of hydrogen-bond acceptors (Lipinski definition) is 6. The third-order valence-electron chi connectivity index (χ3n) is 5.67.